The van der Waals surface area contributed by atoms with Gasteiger partial charge in [-0.05, 0) is 93.3 Å². The van der Waals surface area contributed by atoms with E-state index >= 15 is 0 Å². The van der Waals surface area contributed by atoms with E-state index in [2.05, 4.69) is 13.8 Å². The highest BCUT2D eigenvalue weighted by Gasteiger charge is 2.64. The number of ketones is 1. The summed E-state index contributed by atoms with van der Waals surface area (Å²) >= 11 is 0. The zero-order chi connectivity index (χ0) is 20.5. The Kier molecular flexibility index (Phi) is 4.77. The molecule has 0 aromatic carbocycles. The van der Waals surface area contributed by atoms with Gasteiger partial charge in [-0.25, -0.2) is 0 Å². The van der Waals surface area contributed by atoms with Gasteiger partial charge in [0.15, 0.2) is 0 Å². The lowest BCUT2D eigenvalue weighted by atomic mass is 9.44. The molecule has 158 valence electrons. The van der Waals surface area contributed by atoms with E-state index in [9.17, 15) is 14.7 Å². The maximum Gasteiger partial charge on any atom is 0.302 e. The van der Waals surface area contributed by atoms with E-state index in [1.165, 1.54) is 6.92 Å². The first-order valence-electron chi connectivity index (χ1n) is 11.4. The second-order valence-corrected chi connectivity index (χ2v) is 11.5. The van der Waals surface area contributed by atoms with Crippen LogP contribution in [0, 0.1) is 40.4 Å². The summed E-state index contributed by atoms with van der Waals surface area (Å²) in [6, 6.07) is 0. The van der Waals surface area contributed by atoms with Gasteiger partial charge in [0.25, 0.3) is 0 Å². The van der Waals surface area contributed by atoms with Crippen LogP contribution in [0.3, 0.4) is 0 Å². The van der Waals surface area contributed by atoms with E-state index in [4.69, 9.17) is 4.74 Å². The summed E-state index contributed by atoms with van der Waals surface area (Å²) in [5.41, 5.74) is -0.737. The SMILES string of the molecule is CC(=O)OC1CCC2(C)C(CCC3C4CCC(C(C)(C)O)C4(C)CC(=O)C32)C1. The minimum Gasteiger partial charge on any atom is -0.463 e. The van der Waals surface area contributed by atoms with Gasteiger partial charge >= 0.3 is 5.97 Å². The Labute approximate surface area is 169 Å². The van der Waals surface area contributed by atoms with Gasteiger partial charge in [-0.3, -0.25) is 9.59 Å². The van der Waals surface area contributed by atoms with E-state index < -0.39 is 5.60 Å². The Balaban J connectivity index is 1.60. The van der Waals surface area contributed by atoms with Crippen molar-refractivity contribution in [2.45, 2.75) is 97.7 Å². The monoisotopic (exact) mass is 390 g/mol. The number of ether oxygens (including phenoxy) is 1. The second-order valence-electron chi connectivity index (χ2n) is 11.5. The fourth-order valence-corrected chi connectivity index (χ4v) is 8.54. The molecule has 4 aliphatic carbocycles. The molecule has 0 bridgehead atoms. The van der Waals surface area contributed by atoms with Crippen molar-refractivity contribution in [3.8, 4) is 0 Å². The van der Waals surface area contributed by atoms with Crippen molar-refractivity contribution in [2.75, 3.05) is 0 Å². The van der Waals surface area contributed by atoms with Crippen LogP contribution < -0.4 is 0 Å². The summed E-state index contributed by atoms with van der Waals surface area (Å²) in [4.78, 5) is 25.0. The Morgan fingerprint density at radius 1 is 1.11 bits per heavy atom. The third-order valence-corrected chi connectivity index (χ3v) is 9.49. The number of hydrogen-bond donors (Lipinski definition) is 1. The molecule has 0 aromatic heterocycles. The van der Waals surface area contributed by atoms with Gasteiger partial charge in [-0.2, -0.15) is 0 Å². The predicted molar refractivity (Wildman–Crippen MR) is 107 cm³/mol. The maximum atomic E-state index is 13.6. The van der Waals surface area contributed by atoms with Gasteiger partial charge in [-0.1, -0.05) is 13.8 Å². The molecule has 28 heavy (non-hydrogen) atoms. The third-order valence-electron chi connectivity index (χ3n) is 9.49. The first-order chi connectivity index (χ1) is 13.0. The van der Waals surface area contributed by atoms with Crippen LogP contribution in [0.2, 0.25) is 0 Å². The lowest BCUT2D eigenvalue weighted by molar-refractivity contribution is -0.172. The van der Waals surface area contributed by atoms with Gasteiger partial charge in [0.2, 0.25) is 0 Å². The minimum atomic E-state index is -0.722. The smallest absolute Gasteiger partial charge is 0.302 e. The molecule has 4 saturated carbocycles. The van der Waals surface area contributed by atoms with Crippen LogP contribution in [-0.4, -0.2) is 28.6 Å². The third kappa shape index (κ3) is 2.97. The van der Waals surface area contributed by atoms with Crippen LogP contribution in [0.15, 0.2) is 0 Å². The van der Waals surface area contributed by atoms with Crippen LogP contribution >= 0.6 is 0 Å². The average molecular weight is 391 g/mol. The van der Waals surface area contributed by atoms with Crippen LogP contribution in [0.1, 0.15) is 86.0 Å². The number of esters is 1. The number of carbonyl (C=O) groups excluding carboxylic acids is 2. The molecule has 0 aliphatic heterocycles. The lowest BCUT2D eigenvalue weighted by Crippen LogP contribution is -2.58. The molecule has 8 atom stereocenters. The number of hydrogen-bond acceptors (Lipinski definition) is 4. The largest absolute Gasteiger partial charge is 0.463 e. The molecule has 0 spiro atoms. The number of rotatable bonds is 2. The average Bonchev–Trinajstić information content (AvgIpc) is 2.91. The van der Waals surface area contributed by atoms with Gasteiger partial charge in [0.1, 0.15) is 11.9 Å². The van der Waals surface area contributed by atoms with E-state index in [1.807, 2.05) is 13.8 Å². The number of Topliss-reactive ketones (excluding diaryl/α,β-unsaturated/α-hetero) is 1. The van der Waals surface area contributed by atoms with Crippen LogP contribution in [-0.2, 0) is 14.3 Å². The number of fused-ring (bicyclic) bond motifs is 5. The maximum absolute atomic E-state index is 13.6. The Morgan fingerprint density at radius 2 is 1.82 bits per heavy atom. The van der Waals surface area contributed by atoms with Gasteiger partial charge < -0.3 is 9.84 Å². The van der Waals surface area contributed by atoms with Crippen molar-refractivity contribution in [3.63, 3.8) is 0 Å². The highest BCUT2D eigenvalue weighted by molar-refractivity contribution is 5.84. The second kappa shape index (κ2) is 6.55. The van der Waals surface area contributed by atoms with Crippen molar-refractivity contribution in [3.05, 3.63) is 0 Å². The molecule has 4 rings (SSSR count). The fraction of sp³-hybridized carbons (Fsp3) is 0.917. The highest BCUT2D eigenvalue weighted by atomic mass is 16.5. The zero-order valence-electron chi connectivity index (χ0n) is 18.3. The molecule has 4 fully saturated rings. The van der Waals surface area contributed by atoms with E-state index in [0.717, 1.165) is 44.9 Å². The molecule has 0 radical (unpaired) electrons. The number of aliphatic hydroxyl groups is 1. The van der Waals surface area contributed by atoms with Gasteiger partial charge in [-0.15, -0.1) is 0 Å². The molecule has 0 aromatic rings. The summed E-state index contributed by atoms with van der Waals surface area (Å²) in [5, 5.41) is 10.8. The molecular weight excluding hydrogens is 352 g/mol. The molecule has 0 amide bonds. The molecule has 4 nitrogen and oxygen atoms in total. The van der Waals surface area contributed by atoms with Crippen LogP contribution in [0.4, 0.5) is 0 Å². The predicted octanol–water partition coefficient (Wildman–Crippen LogP) is 4.53. The van der Waals surface area contributed by atoms with Gasteiger partial charge in [0, 0.05) is 19.3 Å². The van der Waals surface area contributed by atoms with Crippen molar-refractivity contribution in [1.82, 2.24) is 0 Å². The van der Waals surface area contributed by atoms with Crippen molar-refractivity contribution < 1.29 is 19.4 Å². The molecule has 1 N–H and O–H groups in total. The summed E-state index contributed by atoms with van der Waals surface area (Å²) in [5.74, 6) is 2.11. The summed E-state index contributed by atoms with van der Waals surface area (Å²) in [6.45, 7) is 9.98. The summed E-state index contributed by atoms with van der Waals surface area (Å²) in [7, 11) is 0. The molecule has 4 heteroatoms. The van der Waals surface area contributed by atoms with Crippen molar-refractivity contribution >= 4 is 11.8 Å². The Hall–Kier alpha value is -0.900. The fourth-order valence-electron chi connectivity index (χ4n) is 8.54. The molecule has 8 unspecified atom stereocenters. The Morgan fingerprint density at radius 3 is 2.46 bits per heavy atom. The lowest BCUT2D eigenvalue weighted by Gasteiger charge is -2.60. The van der Waals surface area contributed by atoms with E-state index in [1.54, 1.807) is 0 Å². The topological polar surface area (TPSA) is 63.6 Å². The first kappa shape index (κ1) is 20.4. The normalized spacial score (nSPS) is 48.4. The van der Waals surface area contributed by atoms with Crippen LogP contribution in [0.5, 0.6) is 0 Å². The van der Waals surface area contributed by atoms with Crippen LogP contribution in [0.25, 0.3) is 0 Å². The molecule has 4 aliphatic rings. The van der Waals surface area contributed by atoms with Crippen molar-refractivity contribution in [2.24, 2.45) is 40.4 Å². The first-order valence-corrected chi connectivity index (χ1v) is 11.4. The quantitative estimate of drug-likeness (QED) is 0.704. The Bertz CT molecular complexity index is 664. The molecule has 0 heterocycles. The summed E-state index contributed by atoms with van der Waals surface area (Å²) < 4.78 is 5.53. The zero-order valence-corrected chi connectivity index (χ0v) is 18.3. The van der Waals surface area contributed by atoms with E-state index in [0.29, 0.717) is 30.0 Å². The molecule has 0 saturated heterocycles. The summed E-state index contributed by atoms with van der Waals surface area (Å²) in [6.07, 6.45) is 7.89. The van der Waals surface area contributed by atoms with Crippen molar-refractivity contribution in [1.29, 1.82) is 0 Å². The minimum absolute atomic E-state index is 0.0298. The van der Waals surface area contributed by atoms with Gasteiger partial charge in [0.05, 0.1) is 5.60 Å². The number of carbonyl (C=O) groups is 2. The standard InChI is InChI=1S/C24H38O4/c1-14(25)28-16-10-11-23(4)15(12-16)6-7-17-18-8-9-20(22(2,3)27)24(18,5)13-19(26)21(17)23/h15-18,20-21,27H,6-13H2,1-5H3. The molecular formula is C24H38O4. The highest BCUT2D eigenvalue weighted by Crippen LogP contribution is 2.67. The van der Waals surface area contributed by atoms with E-state index in [-0.39, 0.29) is 34.7 Å².